The zero-order valence-corrected chi connectivity index (χ0v) is 15.9. The van der Waals surface area contributed by atoms with Crippen LogP contribution in [0.2, 0.25) is 0 Å². The monoisotopic (exact) mass is 437 g/mol. The molecule has 0 aliphatic rings. The summed E-state index contributed by atoms with van der Waals surface area (Å²) in [6.45, 7) is 0. The number of thiazole rings is 1. The molecule has 0 aliphatic heterocycles. The molecule has 128 valence electrons. The van der Waals surface area contributed by atoms with E-state index >= 15 is 0 Å². The zero-order chi connectivity index (χ0) is 17.8. The molecule has 10 heteroatoms. The Hall–Kier alpha value is -2.17. The number of aromatic amines is 1. The molecule has 3 rings (SSSR count). The number of carbonyl (C=O) groups excluding carboxylic acids is 1. The van der Waals surface area contributed by atoms with Gasteiger partial charge in [0.2, 0.25) is 5.91 Å². The molecule has 2 heterocycles. The van der Waals surface area contributed by atoms with Gasteiger partial charge in [-0.15, -0.1) is 11.3 Å². The fraction of sp³-hybridized carbons (Fsp3) is 0.0667. The number of H-pyrrole nitrogens is 1. The first-order chi connectivity index (χ1) is 12.0. The summed E-state index contributed by atoms with van der Waals surface area (Å²) in [5.41, 5.74) is 6.90. The van der Waals surface area contributed by atoms with Gasteiger partial charge in [0.1, 0.15) is 5.82 Å². The van der Waals surface area contributed by atoms with E-state index < -0.39 is 0 Å². The summed E-state index contributed by atoms with van der Waals surface area (Å²) in [5, 5.41) is 5.42. The Morgan fingerprint density at radius 1 is 1.36 bits per heavy atom. The van der Waals surface area contributed by atoms with Gasteiger partial charge in [-0.05, 0) is 12.1 Å². The van der Waals surface area contributed by atoms with Crippen molar-refractivity contribution in [2.24, 2.45) is 0 Å². The molecule has 0 atom stereocenters. The molecule has 0 unspecified atom stereocenters. The van der Waals surface area contributed by atoms with Crippen LogP contribution in [0.25, 0.3) is 11.3 Å². The number of hydrogen-bond acceptors (Lipinski definition) is 7. The number of rotatable bonds is 5. The largest absolute Gasteiger partial charge is 0.383 e. The van der Waals surface area contributed by atoms with Crippen molar-refractivity contribution in [3.63, 3.8) is 0 Å². The van der Waals surface area contributed by atoms with Gasteiger partial charge in [-0.2, -0.15) is 0 Å². The van der Waals surface area contributed by atoms with E-state index in [9.17, 15) is 9.59 Å². The van der Waals surface area contributed by atoms with Gasteiger partial charge in [-0.25, -0.2) is 9.97 Å². The molecule has 0 fully saturated rings. The normalized spacial score (nSPS) is 10.6. The molecule has 0 bridgehead atoms. The van der Waals surface area contributed by atoms with E-state index in [0.29, 0.717) is 10.3 Å². The van der Waals surface area contributed by atoms with Crippen molar-refractivity contribution in [1.29, 1.82) is 0 Å². The Labute approximate surface area is 159 Å². The molecule has 4 N–H and O–H groups in total. The highest BCUT2D eigenvalue weighted by Gasteiger charge is 2.10. The molecular weight excluding hydrogens is 426 g/mol. The summed E-state index contributed by atoms with van der Waals surface area (Å²) >= 11 is 5.86. The van der Waals surface area contributed by atoms with E-state index in [0.717, 1.165) is 27.5 Å². The fourth-order valence-electron chi connectivity index (χ4n) is 1.92. The van der Waals surface area contributed by atoms with Crippen LogP contribution in [0.15, 0.2) is 50.1 Å². The third kappa shape index (κ3) is 4.91. The molecule has 0 aliphatic carbocycles. The molecule has 0 spiro atoms. The van der Waals surface area contributed by atoms with E-state index in [2.05, 4.69) is 36.2 Å². The van der Waals surface area contributed by atoms with Gasteiger partial charge in [-0.1, -0.05) is 39.8 Å². The van der Waals surface area contributed by atoms with Crippen molar-refractivity contribution in [3.8, 4) is 11.3 Å². The van der Waals surface area contributed by atoms with Crippen molar-refractivity contribution in [2.75, 3.05) is 16.8 Å². The molecule has 1 aromatic carbocycles. The third-order valence-electron chi connectivity index (χ3n) is 2.95. The predicted octanol–water partition coefficient (Wildman–Crippen LogP) is 2.97. The number of nitrogen functional groups attached to an aromatic ring is 1. The summed E-state index contributed by atoms with van der Waals surface area (Å²) < 4.78 is 0.962. The summed E-state index contributed by atoms with van der Waals surface area (Å²) in [5.74, 6) is -0.0477. The van der Waals surface area contributed by atoms with Crippen LogP contribution in [0, 0.1) is 0 Å². The van der Waals surface area contributed by atoms with Gasteiger partial charge in [0, 0.05) is 21.5 Å². The van der Waals surface area contributed by atoms with E-state index in [1.54, 1.807) is 0 Å². The highest BCUT2D eigenvalue weighted by atomic mass is 79.9. The Morgan fingerprint density at radius 2 is 2.20 bits per heavy atom. The minimum atomic E-state index is -0.353. The van der Waals surface area contributed by atoms with Gasteiger partial charge in [0.25, 0.3) is 5.56 Å². The average Bonchev–Trinajstić information content (AvgIpc) is 3.00. The topological polar surface area (TPSA) is 114 Å². The number of amides is 1. The molecule has 0 saturated heterocycles. The van der Waals surface area contributed by atoms with Crippen molar-refractivity contribution in [1.82, 2.24) is 15.0 Å². The second-order valence-corrected chi connectivity index (χ2v) is 7.60. The molecule has 25 heavy (non-hydrogen) atoms. The smallest absolute Gasteiger partial charge is 0.253 e. The van der Waals surface area contributed by atoms with Gasteiger partial charge in [0.05, 0.1) is 11.4 Å². The van der Waals surface area contributed by atoms with Crippen LogP contribution >= 0.6 is 39.0 Å². The number of aromatic nitrogens is 3. The highest BCUT2D eigenvalue weighted by molar-refractivity contribution is 9.10. The van der Waals surface area contributed by atoms with Crippen molar-refractivity contribution in [2.45, 2.75) is 5.16 Å². The van der Waals surface area contributed by atoms with E-state index in [-0.39, 0.29) is 23.0 Å². The van der Waals surface area contributed by atoms with Crippen molar-refractivity contribution >= 4 is 55.9 Å². The van der Waals surface area contributed by atoms with Crippen LogP contribution < -0.4 is 16.6 Å². The minimum absolute atomic E-state index is 0.0815. The van der Waals surface area contributed by atoms with Crippen LogP contribution in [0.4, 0.5) is 10.9 Å². The lowest BCUT2D eigenvalue weighted by Gasteiger charge is -2.02. The molecule has 0 radical (unpaired) electrons. The van der Waals surface area contributed by atoms with Crippen LogP contribution in [-0.4, -0.2) is 26.6 Å². The van der Waals surface area contributed by atoms with E-state index in [1.807, 2.05) is 29.6 Å². The lowest BCUT2D eigenvalue weighted by molar-refractivity contribution is -0.113. The number of hydrogen-bond donors (Lipinski definition) is 3. The number of halogens is 1. The van der Waals surface area contributed by atoms with Gasteiger partial charge in [-0.3, -0.25) is 9.59 Å². The molecule has 7 nitrogen and oxygen atoms in total. The van der Waals surface area contributed by atoms with Crippen molar-refractivity contribution in [3.05, 3.63) is 50.5 Å². The third-order valence-corrected chi connectivity index (χ3v) is 5.07. The first-order valence-electron chi connectivity index (χ1n) is 7.00. The number of thioether (sulfide) groups is 1. The van der Waals surface area contributed by atoms with Gasteiger partial charge < -0.3 is 16.0 Å². The van der Waals surface area contributed by atoms with E-state index in [4.69, 9.17) is 5.73 Å². The van der Waals surface area contributed by atoms with E-state index in [1.165, 1.54) is 17.4 Å². The quantitative estimate of drug-likeness (QED) is 0.417. The zero-order valence-electron chi connectivity index (χ0n) is 12.7. The van der Waals surface area contributed by atoms with Crippen LogP contribution in [0.1, 0.15) is 0 Å². The number of nitrogens with zero attached hydrogens (tertiary/aromatic N) is 2. The second-order valence-electron chi connectivity index (χ2n) is 4.86. The maximum Gasteiger partial charge on any atom is 0.253 e. The first kappa shape index (κ1) is 17.6. The second kappa shape index (κ2) is 7.81. The average molecular weight is 438 g/mol. The summed E-state index contributed by atoms with van der Waals surface area (Å²) in [6.07, 6.45) is 0. The van der Waals surface area contributed by atoms with Crippen LogP contribution in [0.3, 0.4) is 0 Å². The SMILES string of the molecule is Nc1cc(=O)[nH]c(SCC(=O)Nc2nc(-c3cccc(Br)c3)cs2)n1. The first-order valence-corrected chi connectivity index (χ1v) is 9.66. The lowest BCUT2D eigenvalue weighted by atomic mass is 10.2. The standard InChI is InChI=1S/C15H12BrN5O2S2/c16-9-3-1-2-8(4-9)10-6-24-14(18-10)21-13(23)7-25-15-19-11(17)5-12(22)20-15/h1-6H,7H2,(H,18,21,23)(H3,17,19,20,22). The summed E-state index contributed by atoms with van der Waals surface area (Å²) in [7, 11) is 0. The Kier molecular flexibility index (Phi) is 5.51. The van der Waals surface area contributed by atoms with Crippen molar-refractivity contribution < 1.29 is 4.79 Å². The number of nitrogens with one attached hydrogen (secondary N) is 2. The van der Waals surface area contributed by atoms with Crippen LogP contribution in [0.5, 0.6) is 0 Å². The maximum absolute atomic E-state index is 12.0. The predicted molar refractivity (Wildman–Crippen MR) is 104 cm³/mol. The summed E-state index contributed by atoms with van der Waals surface area (Å²) in [4.78, 5) is 34.2. The molecule has 1 amide bonds. The van der Waals surface area contributed by atoms with Gasteiger partial charge in [0.15, 0.2) is 10.3 Å². The molecule has 0 saturated carbocycles. The lowest BCUT2D eigenvalue weighted by Crippen LogP contribution is -2.15. The number of nitrogens with two attached hydrogens (primary N) is 1. The Morgan fingerprint density at radius 3 is 2.96 bits per heavy atom. The molecule has 2 aromatic heterocycles. The maximum atomic E-state index is 12.0. The molecular formula is C15H12BrN5O2S2. The highest BCUT2D eigenvalue weighted by Crippen LogP contribution is 2.27. The molecule has 3 aromatic rings. The van der Waals surface area contributed by atoms with Gasteiger partial charge >= 0.3 is 0 Å². The number of carbonyl (C=O) groups is 1. The summed E-state index contributed by atoms with van der Waals surface area (Å²) in [6, 6.07) is 8.95. The number of anilines is 2. The fourth-order valence-corrected chi connectivity index (χ4v) is 3.74. The Bertz CT molecular complexity index is 972. The van der Waals surface area contributed by atoms with Crippen LogP contribution in [-0.2, 0) is 4.79 Å². The minimum Gasteiger partial charge on any atom is -0.383 e. The Balaban J connectivity index is 1.61. The number of benzene rings is 1.